The van der Waals surface area contributed by atoms with Crippen molar-refractivity contribution in [2.75, 3.05) is 6.61 Å². The van der Waals surface area contributed by atoms with Gasteiger partial charge in [0.25, 0.3) is 0 Å². The van der Waals surface area contributed by atoms with Gasteiger partial charge >= 0.3 is 0 Å². The maximum atomic E-state index is 6.85. The van der Waals surface area contributed by atoms with Gasteiger partial charge in [-0.15, -0.1) is 6.58 Å². The zero-order valence-corrected chi connectivity index (χ0v) is 27.4. The Morgan fingerprint density at radius 2 is 1.53 bits per heavy atom. The van der Waals surface area contributed by atoms with Crippen LogP contribution >= 0.6 is 38.5 Å². The van der Waals surface area contributed by atoms with Crippen molar-refractivity contribution in [3.63, 3.8) is 0 Å². The molecule has 6 heteroatoms. The third kappa shape index (κ3) is 8.68. The second-order valence-electron chi connectivity index (χ2n) is 11.6. The minimum absolute atomic E-state index is 0.238. The molecule has 2 aliphatic rings. The van der Waals surface area contributed by atoms with Crippen molar-refractivity contribution >= 4 is 46.8 Å². The summed E-state index contributed by atoms with van der Waals surface area (Å²) in [4.78, 5) is 0.529. The Morgan fingerprint density at radius 3 is 2.09 bits per heavy atom. The Labute approximate surface area is 233 Å². The molecule has 34 heavy (non-hydrogen) atoms. The van der Waals surface area contributed by atoms with Gasteiger partial charge in [0.2, 0.25) is 0 Å². The molecule has 2 aliphatic heterocycles. The van der Waals surface area contributed by atoms with Crippen molar-refractivity contribution in [3.05, 3.63) is 22.3 Å². The van der Waals surface area contributed by atoms with Gasteiger partial charge in [-0.05, 0) is 65.1 Å². The molecule has 198 valence electrons. The highest BCUT2D eigenvalue weighted by Crippen LogP contribution is 2.42. The van der Waals surface area contributed by atoms with Gasteiger partial charge in [0, 0.05) is 17.9 Å². The Kier molecular flexibility index (Phi) is 13.4. The predicted molar refractivity (Wildman–Crippen MR) is 161 cm³/mol. The number of hydrogen-bond acceptors (Lipinski definition) is 3. The molecule has 0 N–H and O–H groups in total. The zero-order chi connectivity index (χ0) is 25.5. The van der Waals surface area contributed by atoms with Gasteiger partial charge in [-0.3, -0.25) is 0 Å². The molecule has 0 spiro atoms. The first-order valence-corrected chi connectivity index (χ1v) is 17.8. The van der Waals surface area contributed by atoms with Crippen LogP contribution in [0.2, 0.25) is 16.6 Å². The molecule has 2 rings (SSSR count). The van der Waals surface area contributed by atoms with Crippen molar-refractivity contribution < 1.29 is 13.9 Å². The number of allylic oxidation sites excluding steroid dienone is 1. The lowest BCUT2D eigenvalue weighted by molar-refractivity contribution is -0.102. The zero-order valence-electron chi connectivity index (χ0n) is 22.7. The third-order valence-electron chi connectivity index (χ3n) is 8.00. The smallest absolute Gasteiger partial charge is 0.200 e. The van der Waals surface area contributed by atoms with Gasteiger partial charge in [-0.25, -0.2) is 0 Å². The lowest BCUT2D eigenvalue weighted by atomic mass is 9.91. The van der Waals surface area contributed by atoms with Gasteiger partial charge in [-0.1, -0.05) is 98.6 Å². The molecule has 2 heterocycles. The summed E-state index contributed by atoms with van der Waals surface area (Å²) in [6.07, 6.45) is 10.3. The molecule has 2 fully saturated rings. The number of rotatable bonds is 12. The number of alkyl halides is 1. The van der Waals surface area contributed by atoms with Crippen LogP contribution in [0.3, 0.4) is 0 Å². The first-order chi connectivity index (χ1) is 16.0. The molecular weight excluding hydrogens is 619 g/mol. The van der Waals surface area contributed by atoms with Crippen molar-refractivity contribution in [2.24, 2.45) is 5.92 Å². The van der Waals surface area contributed by atoms with Gasteiger partial charge in [0.05, 0.1) is 24.4 Å². The van der Waals surface area contributed by atoms with Gasteiger partial charge in [-0.2, -0.15) is 0 Å². The predicted octanol–water partition coefficient (Wildman–Crippen LogP) is 9.35. The van der Waals surface area contributed by atoms with Crippen molar-refractivity contribution in [2.45, 2.75) is 139 Å². The van der Waals surface area contributed by atoms with Crippen LogP contribution in [-0.4, -0.2) is 44.2 Å². The average molecular weight is 670 g/mol. The molecule has 0 aliphatic carbocycles. The summed E-state index contributed by atoms with van der Waals surface area (Å²) >= 11 is 6.31. The van der Waals surface area contributed by atoms with E-state index in [9.17, 15) is 0 Å². The summed E-state index contributed by atoms with van der Waals surface area (Å²) < 4.78 is 22.3. The summed E-state index contributed by atoms with van der Waals surface area (Å²) in [5, 5.41) is 0. The van der Waals surface area contributed by atoms with Crippen molar-refractivity contribution in [1.29, 1.82) is 0 Å². The van der Waals surface area contributed by atoms with E-state index in [2.05, 4.69) is 97.6 Å². The van der Waals surface area contributed by atoms with Crippen LogP contribution in [0, 0.1) is 5.92 Å². The van der Waals surface area contributed by atoms with E-state index in [0.29, 0.717) is 33.5 Å². The maximum Gasteiger partial charge on any atom is 0.200 e. The fraction of sp³-hybridized carbons (Fsp3) is 0.857. The summed E-state index contributed by atoms with van der Waals surface area (Å²) in [5.41, 5.74) is 3.38. The molecule has 0 radical (unpaired) electrons. The summed E-state index contributed by atoms with van der Waals surface area (Å²) in [5.74, 6) is 0.491. The Bertz CT molecular complexity index is 632. The first-order valence-electron chi connectivity index (χ1n) is 13.5. The van der Waals surface area contributed by atoms with Crippen molar-refractivity contribution in [3.8, 4) is 0 Å². The molecule has 0 bridgehead atoms. The Hall–Kier alpha value is 0.787. The van der Waals surface area contributed by atoms with E-state index in [4.69, 9.17) is 13.9 Å². The normalized spacial score (nSPS) is 30.9. The third-order valence-corrected chi connectivity index (χ3v) is 15.7. The second-order valence-corrected chi connectivity index (χ2v) is 19.0. The van der Waals surface area contributed by atoms with Crippen LogP contribution in [0.4, 0.5) is 0 Å². The molecular formula is C28H50BrIO3Si. The quantitative estimate of drug-likeness (QED) is 0.0898. The fourth-order valence-corrected chi connectivity index (χ4v) is 13.3. The molecule has 1 unspecified atom stereocenters. The average Bonchev–Trinajstić information content (AvgIpc) is 2.75. The highest BCUT2D eigenvalue weighted by molar-refractivity contribution is 14.1. The second kappa shape index (κ2) is 14.7. The molecule has 2 saturated heterocycles. The van der Waals surface area contributed by atoms with E-state index in [-0.39, 0.29) is 18.3 Å². The monoisotopic (exact) mass is 668 g/mol. The molecule has 0 amide bonds. The van der Waals surface area contributed by atoms with Crippen LogP contribution in [0.15, 0.2) is 22.3 Å². The van der Waals surface area contributed by atoms with Crippen LogP contribution < -0.4 is 0 Å². The lowest BCUT2D eigenvalue weighted by Gasteiger charge is -2.43. The lowest BCUT2D eigenvalue weighted by Crippen LogP contribution is -2.48. The highest BCUT2D eigenvalue weighted by Gasteiger charge is 2.45. The fourth-order valence-electron chi connectivity index (χ4n) is 6.46. The number of hydrogen-bond donors (Lipinski definition) is 0. The van der Waals surface area contributed by atoms with E-state index in [1.807, 2.05) is 6.08 Å². The first kappa shape index (κ1) is 31.0. The number of ether oxygens (including phenoxy) is 2. The molecule has 6 atom stereocenters. The minimum Gasteiger partial charge on any atom is -0.416 e. The molecule has 0 aromatic rings. The highest BCUT2D eigenvalue weighted by atomic mass is 127. The summed E-state index contributed by atoms with van der Waals surface area (Å²) in [7, 11) is -1.83. The molecule has 3 nitrogen and oxygen atoms in total. The summed E-state index contributed by atoms with van der Waals surface area (Å²) in [6, 6.07) is 0. The van der Waals surface area contributed by atoms with Crippen LogP contribution in [0.25, 0.3) is 0 Å². The molecule has 0 aromatic carbocycles. The van der Waals surface area contributed by atoms with Crippen molar-refractivity contribution in [1.82, 2.24) is 0 Å². The Morgan fingerprint density at radius 1 is 0.971 bits per heavy atom. The van der Waals surface area contributed by atoms with Gasteiger partial charge in [0.15, 0.2) is 8.32 Å². The van der Waals surface area contributed by atoms with Crippen LogP contribution in [0.5, 0.6) is 0 Å². The van der Waals surface area contributed by atoms with E-state index in [1.165, 1.54) is 5.57 Å². The van der Waals surface area contributed by atoms with Crippen LogP contribution in [0.1, 0.15) is 93.4 Å². The van der Waals surface area contributed by atoms with Gasteiger partial charge in [0.1, 0.15) is 0 Å². The topological polar surface area (TPSA) is 27.7 Å². The molecule has 0 aromatic heterocycles. The van der Waals surface area contributed by atoms with E-state index in [1.54, 1.807) is 0 Å². The largest absolute Gasteiger partial charge is 0.416 e. The Balaban J connectivity index is 1.96. The SMILES string of the molecule is C=C[C@H](C)C[C@H]1CC(Br)C[C@@H](C[C@H]2C/C(=C/I)C[C@@H](CCO[Si](C(C)C)(C(C)C)C(C)C)O2)O1. The summed E-state index contributed by atoms with van der Waals surface area (Å²) in [6.45, 7) is 21.2. The van der Waals surface area contributed by atoms with Crippen LogP contribution in [-0.2, 0) is 13.9 Å². The minimum atomic E-state index is -1.83. The molecule has 0 saturated carbocycles. The maximum absolute atomic E-state index is 6.85. The standard InChI is InChI=1S/C28H50BrIO3Si/c1-9-22(8)12-26-15-24(29)16-28(33-26)17-27-14-23(18-30)13-25(32-27)10-11-31-34(19(2)3,20(4)5)21(6)7/h9,18-22,24-28H,1,10-17H2,2-8H3/b23-18+/t22-,24?,25+,26-,27+,28-/m0/s1. The van der Waals surface area contributed by atoms with Gasteiger partial charge < -0.3 is 13.9 Å². The van der Waals surface area contributed by atoms with E-state index < -0.39 is 8.32 Å². The van der Waals surface area contributed by atoms with E-state index >= 15 is 0 Å². The van der Waals surface area contributed by atoms with E-state index in [0.717, 1.165) is 51.6 Å². The number of halogens is 2.